The summed E-state index contributed by atoms with van der Waals surface area (Å²) in [7, 11) is 1.67. The van der Waals surface area contributed by atoms with Crippen molar-refractivity contribution in [3.63, 3.8) is 0 Å². The van der Waals surface area contributed by atoms with Gasteiger partial charge in [-0.15, -0.1) is 0 Å². The predicted molar refractivity (Wildman–Crippen MR) is 127 cm³/mol. The van der Waals surface area contributed by atoms with Gasteiger partial charge < -0.3 is 9.30 Å². The third kappa shape index (κ3) is 3.05. The lowest BCUT2D eigenvalue weighted by molar-refractivity contribution is 0.0974. The average molecular weight is 444 g/mol. The molecule has 8 heteroatoms. The van der Waals surface area contributed by atoms with Crippen LogP contribution in [0, 0.1) is 6.92 Å². The first-order valence-corrected chi connectivity index (χ1v) is 11.3. The van der Waals surface area contributed by atoms with Gasteiger partial charge in [0.1, 0.15) is 0 Å². The minimum Gasteiger partial charge on any atom is -0.376 e. The van der Waals surface area contributed by atoms with Gasteiger partial charge in [0.15, 0.2) is 11.2 Å². The molecule has 4 heterocycles. The quantitative estimate of drug-likeness (QED) is 0.428. The second-order valence-electron chi connectivity index (χ2n) is 8.84. The van der Waals surface area contributed by atoms with E-state index in [1.54, 1.807) is 7.05 Å². The number of benzene rings is 2. The molecule has 0 spiro atoms. The molecule has 0 amide bonds. The number of ether oxygens (including phenoxy) is 1. The van der Waals surface area contributed by atoms with Crippen LogP contribution >= 0.6 is 0 Å². The fraction of sp³-hybridized carbons (Fsp3) is 0.320. The predicted octanol–water partition coefficient (Wildman–Crippen LogP) is 2.84. The molecule has 1 unspecified atom stereocenters. The molecular weight excluding hydrogens is 418 g/mol. The second kappa shape index (κ2) is 7.45. The Hall–Kier alpha value is -3.65. The molecule has 0 N–H and O–H groups in total. The number of imidazole rings is 2. The Morgan fingerprint density at radius 2 is 1.91 bits per heavy atom. The summed E-state index contributed by atoms with van der Waals surface area (Å²) in [4.78, 5) is 31.6. The van der Waals surface area contributed by atoms with Gasteiger partial charge in [-0.05, 0) is 36.1 Å². The van der Waals surface area contributed by atoms with Crippen molar-refractivity contribution in [1.82, 2.24) is 23.1 Å². The molecule has 5 aromatic rings. The normalized spacial score (nSPS) is 16.5. The maximum atomic E-state index is 13.6. The summed E-state index contributed by atoms with van der Waals surface area (Å²) in [6, 6.07) is 14.0. The molecule has 1 aliphatic rings. The van der Waals surface area contributed by atoms with E-state index in [0.29, 0.717) is 23.5 Å². The lowest BCUT2D eigenvalue weighted by Crippen LogP contribution is -2.39. The van der Waals surface area contributed by atoms with Crippen molar-refractivity contribution in [3.8, 4) is 0 Å². The molecule has 3 aromatic heterocycles. The maximum Gasteiger partial charge on any atom is 0.332 e. The number of aryl methyl sites for hydroxylation is 2. The van der Waals surface area contributed by atoms with Crippen LogP contribution in [0.5, 0.6) is 0 Å². The summed E-state index contributed by atoms with van der Waals surface area (Å²) < 4.78 is 12.5. The summed E-state index contributed by atoms with van der Waals surface area (Å²) in [5.41, 5.74) is 2.05. The Labute approximate surface area is 189 Å². The first kappa shape index (κ1) is 20.0. The number of hydrogen-bond acceptors (Lipinski definition) is 4. The van der Waals surface area contributed by atoms with E-state index in [2.05, 4.69) is 4.57 Å². The molecule has 1 atom stereocenters. The van der Waals surface area contributed by atoms with E-state index < -0.39 is 0 Å². The van der Waals surface area contributed by atoms with Gasteiger partial charge >= 0.3 is 5.69 Å². The van der Waals surface area contributed by atoms with Gasteiger partial charge in [0.05, 0.1) is 19.2 Å². The molecule has 0 bridgehead atoms. The summed E-state index contributed by atoms with van der Waals surface area (Å²) in [6.45, 7) is 3.67. The minimum atomic E-state index is -0.372. The van der Waals surface area contributed by atoms with Crippen LogP contribution in [0.4, 0.5) is 0 Å². The molecule has 168 valence electrons. The Bertz CT molecular complexity index is 1640. The molecule has 33 heavy (non-hydrogen) atoms. The Balaban J connectivity index is 1.54. The van der Waals surface area contributed by atoms with E-state index in [-0.39, 0.29) is 23.9 Å². The fourth-order valence-electron chi connectivity index (χ4n) is 5.01. The lowest BCUT2D eigenvalue weighted by atomic mass is 10.0. The molecule has 0 saturated carbocycles. The van der Waals surface area contributed by atoms with Crippen LogP contribution in [0.25, 0.3) is 27.7 Å². The molecule has 2 aromatic carbocycles. The van der Waals surface area contributed by atoms with Crippen LogP contribution in [-0.4, -0.2) is 35.8 Å². The zero-order valence-corrected chi connectivity index (χ0v) is 18.7. The highest BCUT2D eigenvalue weighted by Gasteiger charge is 2.23. The highest BCUT2D eigenvalue weighted by atomic mass is 16.5. The van der Waals surface area contributed by atoms with E-state index in [4.69, 9.17) is 9.72 Å². The Kier molecular flexibility index (Phi) is 4.51. The van der Waals surface area contributed by atoms with Gasteiger partial charge in [-0.3, -0.25) is 18.3 Å². The van der Waals surface area contributed by atoms with Crippen molar-refractivity contribution in [2.45, 2.75) is 39.0 Å². The number of fused-ring (bicyclic) bond motifs is 4. The molecule has 1 aliphatic heterocycles. The molecule has 1 fully saturated rings. The van der Waals surface area contributed by atoms with Crippen LogP contribution in [-0.2, 0) is 24.9 Å². The molecular formula is C25H25N5O3. The zero-order chi connectivity index (χ0) is 22.7. The third-order valence-electron chi connectivity index (χ3n) is 6.76. The standard InChI is InChI=1S/C25H25N5O3/c1-16-13-29-21-22(26-24(29)28(16)15-19-10-6-12-33-19)27(2)25(32)30(23(21)31)14-18-9-5-8-17-7-3-4-11-20(17)18/h3-5,7-9,11,13,19H,6,10,12,14-15H2,1-2H3. The van der Waals surface area contributed by atoms with Crippen molar-refractivity contribution in [1.29, 1.82) is 0 Å². The molecule has 0 aliphatic carbocycles. The number of aromatic nitrogens is 5. The van der Waals surface area contributed by atoms with Gasteiger partial charge in [-0.25, -0.2) is 4.79 Å². The first-order chi connectivity index (χ1) is 16.0. The van der Waals surface area contributed by atoms with Gasteiger partial charge in [0.25, 0.3) is 5.56 Å². The summed E-state index contributed by atoms with van der Waals surface area (Å²) in [6.07, 6.45) is 4.14. The number of nitrogens with zero attached hydrogens (tertiary/aromatic N) is 5. The largest absolute Gasteiger partial charge is 0.376 e. The second-order valence-corrected chi connectivity index (χ2v) is 8.84. The fourth-order valence-corrected chi connectivity index (χ4v) is 5.01. The van der Waals surface area contributed by atoms with Crippen molar-refractivity contribution >= 4 is 27.7 Å². The van der Waals surface area contributed by atoms with Gasteiger partial charge in [-0.2, -0.15) is 4.98 Å². The van der Waals surface area contributed by atoms with Crippen molar-refractivity contribution in [2.24, 2.45) is 7.05 Å². The van der Waals surface area contributed by atoms with Crippen LogP contribution in [0.15, 0.2) is 58.3 Å². The van der Waals surface area contributed by atoms with Crippen LogP contribution in [0.3, 0.4) is 0 Å². The van der Waals surface area contributed by atoms with E-state index in [0.717, 1.165) is 41.5 Å². The monoisotopic (exact) mass is 443 g/mol. The highest BCUT2D eigenvalue weighted by Crippen LogP contribution is 2.21. The SMILES string of the molecule is Cc1cn2c3c(=O)n(Cc4cccc5ccccc45)c(=O)n(C)c3nc2n1CC1CCCO1. The molecule has 8 nitrogen and oxygen atoms in total. The van der Waals surface area contributed by atoms with Crippen molar-refractivity contribution in [2.75, 3.05) is 6.61 Å². The smallest absolute Gasteiger partial charge is 0.332 e. The molecule has 1 saturated heterocycles. The summed E-state index contributed by atoms with van der Waals surface area (Å²) in [5.74, 6) is 0.660. The van der Waals surface area contributed by atoms with Crippen molar-refractivity contribution < 1.29 is 4.74 Å². The Morgan fingerprint density at radius 3 is 2.73 bits per heavy atom. The highest BCUT2D eigenvalue weighted by molar-refractivity contribution is 5.85. The maximum absolute atomic E-state index is 13.6. The molecule has 0 radical (unpaired) electrons. The van der Waals surface area contributed by atoms with Crippen molar-refractivity contribution in [3.05, 3.63) is 80.8 Å². The zero-order valence-electron chi connectivity index (χ0n) is 18.7. The van der Waals surface area contributed by atoms with E-state index in [1.807, 2.05) is 60.0 Å². The molecule has 6 rings (SSSR count). The average Bonchev–Trinajstić information content (AvgIpc) is 3.53. The van der Waals surface area contributed by atoms with Gasteiger partial charge in [-0.1, -0.05) is 42.5 Å². The Morgan fingerprint density at radius 1 is 1.09 bits per heavy atom. The summed E-state index contributed by atoms with van der Waals surface area (Å²) in [5, 5.41) is 2.11. The minimum absolute atomic E-state index is 0.145. The number of rotatable bonds is 4. The van der Waals surface area contributed by atoms with Crippen LogP contribution in [0.2, 0.25) is 0 Å². The van der Waals surface area contributed by atoms with E-state index >= 15 is 0 Å². The number of hydrogen-bond donors (Lipinski definition) is 0. The summed E-state index contributed by atoms with van der Waals surface area (Å²) >= 11 is 0. The van der Waals surface area contributed by atoms with Crippen LogP contribution < -0.4 is 11.2 Å². The van der Waals surface area contributed by atoms with Gasteiger partial charge in [0.2, 0.25) is 5.78 Å². The first-order valence-electron chi connectivity index (χ1n) is 11.3. The lowest BCUT2D eigenvalue weighted by Gasteiger charge is -2.11. The van der Waals surface area contributed by atoms with E-state index in [1.165, 1.54) is 9.13 Å². The van der Waals surface area contributed by atoms with E-state index in [9.17, 15) is 9.59 Å². The van der Waals surface area contributed by atoms with Gasteiger partial charge in [0, 0.05) is 25.5 Å². The topological polar surface area (TPSA) is 75.5 Å². The third-order valence-corrected chi connectivity index (χ3v) is 6.76. The van der Waals surface area contributed by atoms with Crippen LogP contribution in [0.1, 0.15) is 24.1 Å².